The van der Waals surface area contributed by atoms with Gasteiger partial charge in [-0.05, 0) is 32.0 Å². The summed E-state index contributed by atoms with van der Waals surface area (Å²) in [5, 5.41) is 9.72. The van der Waals surface area contributed by atoms with Crippen LogP contribution in [0.25, 0.3) is 16.7 Å². The predicted molar refractivity (Wildman–Crippen MR) is 125 cm³/mol. The van der Waals surface area contributed by atoms with Gasteiger partial charge < -0.3 is 18.8 Å². The van der Waals surface area contributed by atoms with E-state index in [1.165, 1.54) is 4.68 Å². The largest absolute Gasteiger partial charge is 0.421 e. The zero-order valence-corrected chi connectivity index (χ0v) is 19.6. The van der Waals surface area contributed by atoms with Crippen molar-refractivity contribution >= 4 is 26.5 Å². The summed E-state index contributed by atoms with van der Waals surface area (Å²) < 4.78 is 40.1. The molecule has 0 atom stereocenters. The third-order valence-corrected chi connectivity index (χ3v) is 6.25. The molecule has 3 rings (SSSR count). The van der Waals surface area contributed by atoms with Crippen molar-refractivity contribution < 1.29 is 22.3 Å². The fourth-order valence-electron chi connectivity index (χ4n) is 3.17. The predicted octanol–water partition coefficient (Wildman–Crippen LogP) is 2.31. The van der Waals surface area contributed by atoms with Gasteiger partial charge in [0, 0.05) is 35.6 Å². The normalized spacial score (nSPS) is 11.7. The average Bonchev–Trinajstić information content (AvgIpc) is 3.27. The van der Waals surface area contributed by atoms with Crippen LogP contribution in [-0.4, -0.2) is 62.1 Å². The minimum atomic E-state index is -3.26. The number of anilines is 1. The number of ether oxygens (including phenoxy) is 2. The Labute approximate surface area is 192 Å². The van der Waals surface area contributed by atoms with Crippen LogP contribution in [0.1, 0.15) is 19.5 Å². The fourth-order valence-corrected chi connectivity index (χ4v) is 3.69. The minimum absolute atomic E-state index is 0.0715. The monoisotopic (exact) mass is 476 g/mol. The zero-order valence-electron chi connectivity index (χ0n) is 18.8. The second-order valence-corrected chi connectivity index (χ2v) is 9.23. The van der Waals surface area contributed by atoms with Gasteiger partial charge in [0.2, 0.25) is 0 Å². The number of rotatable bonds is 13. The van der Waals surface area contributed by atoms with Crippen molar-refractivity contribution in [3.63, 3.8) is 0 Å². The molecule has 2 heterocycles. The van der Waals surface area contributed by atoms with Crippen LogP contribution in [0.15, 0.2) is 51.7 Å². The van der Waals surface area contributed by atoms with E-state index in [4.69, 9.17) is 13.9 Å². The zero-order chi connectivity index (χ0) is 23.8. The van der Waals surface area contributed by atoms with Crippen molar-refractivity contribution in [3.05, 3.63) is 58.6 Å². The second-order valence-electron chi connectivity index (χ2n) is 7.17. The molecule has 0 saturated heterocycles. The number of hydrogen-bond donors (Lipinski definition) is 0. The number of sulfone groups is 1. The highest BCUT2D eigenvalue weighted by Gasteiger charge is 2.12. The molecule has 2 aromatic heterocycles. The lowest BCUT2D eigenvalue weighted by Crippen LogP contribution is -2.21. The smallest absolute Gasteiger partial charge is 0.362 e. The molecule has 178 valence electrons. The van der Waals surface area contributed by atoms with E-state index < -0.39 is 15.5 Å². The van der Waals surface area contributed by atoms with E-state index in [0.29, 0.717) is 11.3 Å². The van der Waals surface area contributed by atoms with E-state index >= 15 is 0 Å². The fraction of sp³-hybridized carbons (Fsp3) is 0.409. The lowest BCUT2D eigenvalue weighted by molar-refractivity contribution is 0.0447. The number of benzene rings is 1. The third-order valence-electron chi connectivity index (χ3n) is 5.01. The molecule has 33 heavy (non-hydrogen) atoms. The van der Waals surface area contributed by atoms with Crippen molar-refractivity contribution in [3.8, 4) is 5.69 Å². The molecule has 0 spiro atoms. The van der Waals surface area contributed by atoms with Gasteiger partial charge in [0.25, 0.3) is 0 Å². The maximum Gasteiger partial charge on any atom is 0.362 e. The van der Waals surface area contributed by atoms with Gasteiger partial charge in [0.1, 0.15) is 11.3 Å². The molecule has 11 heteroatoms. The van der Waals surface area contributed by atoms with Gasteiger partial charge in [-0.1, -0.05) is 11.8 Å². The lowest BCUT2D eigenvalue weighted by atomic mass is 10.2. The van der Waals surface area contributed by atoms with Gasteiger partial charge >= 0.3 is 5.63 Å². The van der Waals surface area contributed by atoms with E-state index in [1.807, 2.05) is 18.2 Å². The highest BCUT2D eigenvalue weighted by molar-refractivity contribution is 7.94. The molecule has 0 bridgehead atoms. The van der Waals surface area contributed by atoms with E-state index in [2.05, 4.69) is 35.6 Å². The maximum atomic E-state index is 12.6. The molecule has 0 fully saturated rings. The van der Waals surface area contributed by atoms with Crippen molar-refractivity contribution in [2.75, 3.05) is 43.6 Å². The summed E-state index contributed by atoms with van der Waals surface area (Å²) >= 11 is 0. The van der Waals surface area contributed by atoms with Crippen LogP contribution in [0.5, 0.6) is 0 Å². The second kappa shape index (κ2) is 11.2. The van der Waals surface area contributed by atoms with Crippen LogP contribution < -0.4 is 10.5 Å². The Morgan fingerprint density at radius 1 is 1.15 bits per heavy atom. The Bertz CT molecular complexity index is 1250. The van der Waals surface area contributed by atoms with Crippen molar-refractivity contribution in [1.29, 1.82) is 0 Å². The Morgan fingerprint density at radius 3 is 2.64 bits per heavy atom. The van der Waals surface area contributed by atoms with Gasteiger partial charge in [-0.3, -0.25) is 0 Å². The highest BCUT2D eigenvalue weighted by Crippen LogP contribution is 2.22. The first-order chi connectivity index (χ1) is 15.9. The summed E-state index contributed by atoms with van der Waals surface area (Å²) in [5.41, 5.74) is 1.77. The summed E-state index contributed by atoms with van der Waals surface area (Å²) in [7, 11) is -3.26. The molecule has 0 aliphatic rings. The van der Waals surface area contributed by atoms with Crippen LogP contribution in [0, 0.1) is 0 Å². The molecule has 0 radical (unpaired) electrons. The minimum Gasteiger partial charge on any atom is -0.421 e. The Hall–Kier alpha value is -3.02. The number of nitrogens with zero attached hydrogens (tertiary/aromatic N) is 4. The molecule has 1 aromatic carbocycles. The molecule has 0 aliphatic heterocycles. The molecule has 10 nitrogen and oxygen atoms in total. The van der Waals surface area contributed by atoms with Crippen LogP contribution in [-0.2, 0) is 25.9 Å². The lowest BCUT2D eigenvalue weighted by Gasteiger charge is -2.20. The molecule has 0 amide bonds. The first-order valence-corrected chi connectivity index (χ1v) is 12.3. The van der Waals surface area contributed by atoms with Crippen molar-refractivity contribution in [2.45, 2.75) is 20.5 Å². The maximum absolute atomic E-state index is 12.6. The Balaban J connectivity index is 1.58. The van der Waals surface area contributed by atoms with Gasteiger partial charge in [0.05, 0.1) is 38.4 Å². The van der Waals surface area contributed by atoms with Gasteiger partial charge in [0.15, 0.2) is 15.5 Å². The quantitative estimate of drug-likeness (QED) is 0.270. The van der Waals surface area contributed by atoms with Crippen LogP contribution in [0.4, 0.5) is 5.69 Å². The van der Waals surface area contributed by atoms with Crippen molar-refractivity contribution in [1.82, 2.24) is 15.0 Å². The van der Waals surface area contributed by atoms with Gasteiger partial charge in [-0.25, -0.2) is 17.9 Å². The molecule has 0 unspecified atom stereocenters. The number of aromatic nitrogens is 3. The standard InChI is InChI=1S/C22H28N4O6S/c1-4-25(5-2)19-8-7-17-13-20(22(27)32-21(17)14-19)26-15-18(23-24-26)16-31-10-9-30-11-12-33(28,29)6-3/h6-8,13-15H,3-5,9-12,16H2,1-2H3. The Kier molecular flexibility index (Phi) is 8.37. The highest BCUT2D eigenvalue weighted by atomic mass is 32.2. The SMILES string of the molecule is C=CS(=O)(=O)CCOCCOCc1cn(-c2cc3ccc(N(CC)CC)cc3oc2=O)nn1. The van der Waals surface area contributed by atoms with Crippen LogP contribution in [0.2, 0.25) is 0 Å². The van der Waals surface area contributed by atoms with Crippen molar-refractivity contribution in [2.24, 2.45) is 0 Å². The van der Waals surface area contributed by atoms with E-state index in [9.17, 15) is 13.2 Å². The van der Waals surface area contributed by atoms with E-state index in [1.54, 1.807) is 12.3 Å². The van der Waals surface area contributed by atoms with Crippen LogP contribution >= 0.6 is 0 Å². The summed E-state index contributed by atoms with van der Waals surface area (Å²) in [6.07, 6.45) is 1.60. The molecule has 0 saturated carbocycles. The summed E-state index contributed by atoms with van der Waals surface area (Å²) in [6.45, 7) is 9.84. The Morgan fingerprint density at radius 2 is 1.91 bits per heavy atom. The molecule has 0 aliphatic carbocycles. The molecule has 0 N–H and O–H groups in total. The molecule has 3 aromatic rings. The van der Waals surface area contributed by atoms with E-state index in [0.717, 1.165) is 29.6 Å². The first kappa shape index (κ1) is 24.6. The summed E-state index contributed by atoms with van der Waals surface area (Å²) in [6, 6.07) is 7.49. The number of fused-ring (bicyclic) bond motifs is 1. The first-order valence-electron chi connectivity index (χ1n) is 10.6. The summed E-state index contributed by atoms with van der Waals surface area (Å²) in [4.78, 5) is 14.7. The van der Waals surface area contributed by atoms with E-state index in [-0.39, 0.29) is 37.9 Å². The molecular formula is C22H28N4O6S. The van der Waals surface area contributed by atoms with Gasteiger partial charge in [-0.15, -0.1) is 5.10 Å². The average molecular weight is 477 g/mol. The van der Waals surface area contributed by atoms with Gasteiger partial charge in [-0.2, -0.15) is 0 Å². The topological polar surface area (TPSA) is 117 Å². The third kappa shape index (κ3) is 6.50. The molecular weight excluding hydrogens is 448 g/mol. The van der Waals surface area contributed by atoms with Crippen LogP contribution in [0.3, 0.4) is 0 Å². The summed E-state index contributed by atoms with van der Waals surface area (Å²) in [5.74, 6) is -0.115. The number of hydrogen-bond acceptors (Lipinski definition) is 9.